The fraction of sp³-hybridized carbons (Fsp3) is 0.947. The van der Waals surface area contributed by atoms with Crippen LogP contribution >= 0.6 is 0 Å². The molecule has 3 fully saturated rings. The molecule has 0 radical (unpaired) electrons. The zero-order valence-electron chi connectivity index (χ0n) is 15.9. The Morgan fingerprint density at radius 1 is 1.08 bits per heavy atom. The average Bonchev–Trinajstić information content (AvgIpc) is 2.69. The van der Waals surface area contributed by atoms with Gasteiger partial charge in [0.05, 0.1) is 24.4 Å². The van der Waals surface area contributed by atoms with E-state index in [1.54, 1.807) is 0 Å². The highest BCUT2D eigenvalue weighted by molar-refractivity contribution is 5.71. The summed E-state index contributed by atoms with van der Waals surface area (Å²) in [7, 11) is 0. The zero-order chi connectivity index (χ0) is 17.6. The summed E-state index contributed by atoms with van der Waals surface area (Å²) in [6.07, 6.45) is 8.35. The van der Waals surface area contributed by atoms with Gasteiger partial charge in [-0.2, -0.15) is 0 Å². The Morgan fingerprint density at radius 2 is 1.71 bits per heavy atom. The Morgan fingerprint density at radius 3 is 2.29 bits per heavy atom. The van der Waals surface area contributed by atoms with Crippen molar-refractivity contribution in [2.24, 2.45) is 0 Å². The normalized spacial score (nSPS) is 33.5. The van der Waals surface area contributed by atoms with Crippen molar-refractivity contribution in [2.75, 3.05) is 6.61 Å². The molecular formula is C19H33NO4. The largest absolute Gasteiger partial charge is 0.444 e. The van der Waals surface area contributed by atoms with Gasteiger partial charge >= 0.3 is 6.09 Å². The molecule has 138 valence electrons. The van der Waals surface area contributed by atoms with Gasteiger partial charge in [-0.3, -0.25) is 4.90 Å². The lowest BCUT2D eigenvalue weighted by Gasteiger charge is -2.51. The van der Waals surface area contributed by atoms with Crippen LogP contribution in [-0.4, -0.2) is 46.7 Å². The molecule has 0 aromatic carbocycles. The molecule has 2 saturated carbocycles. The summed E-state index contributed by atoms with van der Waals surface area (Å²) in [5, 5.41) is 0. The van der Waals surface area contributed by atoms with Crippen LogP contribution in [0.25, 0.3) is 0 Å². The summed E-state index contributed by atoms with van der Waals surface area (Å²) in [6.45, 7) is 10.2. The Labute approximate surface area is 146 Å². The van der Waals surface area contributed by atoms with Crippen LogP contribution < -0.4 is 0 Å². The Bertz CT molecular complexity index is 470. The first-order valence-electron chi connectivity index (χ1n) is 9.44. The second kappa shape index (κ2) is 6.17. The van der Waals surface area contributed by atoms with Crippen LogP contribution in [-0.2, 0) is 14.2 Å². The lowest BCUT2D eigenvalue weighted by atomic mass is 9.73. The molecule has 1 aliphatic heterocycles. The average molecular weight is 339 g/mol. The van der Waals surface area contributed by atoms with E-state index in [4.69, 9.17) is 14.2 Å². The number of carbonyl (C=O) groups is 1. The van der Waals surface area contributed by atoms with Crippen molar-refractivity contribution in [2.45, 2.75) is 109 Å². The van der Waals surface area contributed by atoms with E-state index in [9.17, 15) is 4.79 Å². The summed E-state index contributed by atoms with van der Waals surface area (Å²) in [6, 6.07) is 0. The summed E-state index contributed by atoms with van der Waals surface area (Å²) < 4.78 is 17.9. The fourth-order valence-electron chi connectivity index (χ4n) is 4.39. The molecule has 2 aliphatic carbocycles. The van der Waals surface area contributed by atoms with Gasteiger partial charge in [-0.05, 0) is 60.3 Å². The molecule has 1 heterocycles. The molecule has 1 amide bonds. The van der Waals surface area contributed by atoms with Crippen LogP contribution in [0.15, 0.2) is 0 Å². The van der Waals surface area contributed by atoms with Gasteiger partial charge in [-0.15, -0.1) is 0 Å². The molecular weight excluding hydrogens is 306 g/mol. The number of ether oxygens (including phenoxy) is 3. The van der Waals surface area contributed by atoms with E-state index < -0.39 is 11.3 Å². The molecule has 5 heteroatoms. The van der Waals surface area contributed by atoms with Crippen molar-refractivity contribution in [3.8, 4) is 0 Å². The summed E-state index contributed by atoms with van der Waals surface area (Å²) in [5.74, 6) is 0. The number of nitrogens with zero attached hydrogens (tertiary/aromatic N) is 1. The van der Waals surface area contributed by atoms with Gasteiger partial charge in [0, 0.05) is 0 Å². The lowest BCUT2D eigenvalue weighted by Crippen LogP contribution is -2.64. The minimum absolute atomic E-state index is 0.246. The summed E-state index contributed by atoms with van der Waals surface area (Å²) in [5.41, 5.74) is -1.39. The first-order chi connectivity index (χ1) is 11.1. The van der Waals surface area contributed by atoms with Crippen LogP contribution in [0.1, 0.15) is 79.6 Å². The molecule has 0 unspecified atom stereocenters. The van der Waals surface area contributed by atoms with Crippen LogP contribution in [0.4, 0.5) is 4.79 Å². The molecule has 0 atom stereocenters. The van der Waals surface area contributed by atoms with Crippen LogP contribution in [0, 0.1) is 0 Å². The van der Waals surface area contributed by atoms with E-state index >= 15 is 0 Å². The quantitative estimate of drug-likeness (QED) is 0.755. The highest BCUT2D eigenvalue weighted by Crippen LogP contribution is 2.49. The number of hydrogen-bond donors (Lipinski definition) is 0. The fourth-order valence-corrected chi connectivity index (χ4v) is 4.39. The van der Waals surface area contributed by atoms with E-state index in [1.165, 1.54) is 32.1 Å². The third kappa shape index (κ3) is 3.57. The van der Waals surface area contributed by atoms with Gasteiger partial charge in [-0.25, -0.2) is 4.79 Å². The van der Waals surface area contributed by atoms with E-state index in [2.05, 4.69) is 0 Å². The first kappa shape index (κ1) is 18.0. The topological polar surface area (TPSA) is 48.0 Å². The number of hydrogen-bond acceptors (Lipinski definition) is 4. The summed E-state index contributed by atoms with van der Waals surface area (Å²) in [4.78, 5) is 14.6. The second-order valence-electron chi connectivity index (χ2n) is 9.20. The molecule has 0 N–H and O–H groups in total. The molecule has 3 aliphatic rings. The molecule has 3 rings (SSSR count). The minimum atomic E-state index is -0.627. The zero-order valence-corrected chi connectivity index (χ0v) is 15.9. The van der Waals surface area contributed by atoms with Crippen LogP contribution in [0.3, 0.4) is 0 Å². The van der Waals surface area contributed by atoms with Gasteiger partial charge in [0.1, 0.15) is 11.3 Å². The van der Waals surface area contributed by atoms with Gasteiger partial charge in [0.15, 0.2) is 0 Å². The number of carbonyl (C=O) groups excluding carboxylic acids is 1. The van der Waals surface area contributed by atoms with Crippen LogP contribution in [0.5, 0.6) is 0 Å². The maximum absolute atomic E-state index is 12.8. The van der Waals surface area contributed by atoms with E-state index in [-0.39, 0.29) is 17.7 Å². The Balaban J connectivity index is 1.63. The second-order valence-corrected chi connectivity index (χ2v) is 9.20. The monoisotopic (exact) mass is 339 g/mol. The van der Waals surface area contributed by atoms with Crippen LogP contribution in [0.2, 0.25) is 0 Å². The molecule has 0 bridgehead atoms. The van der Waals surface area contributed by atoms with Crippen molar-refractivity contribution < 1.29 is 19.0 Å². The van der Waals surface area contributed by atoms with Crippen molar-refractivity contribution in [3.63, 3.8) is 0 Å². The molecule has 0 aromatic rings. The maximum atomic E-state index is 12.8. The van der Waals surface area contributed by atoms with Crippen molar-refractivity contribution in [1.29, 1.82) is 0 Å². The molecule has 1 spiro atoms. The molecule has 0 aromatic heterocycles. The van der Waals surface area contributed by atoms with E-state index in [1.807, 2.05) is 39.5 Å². The number of amides is 1. The predicted octanol–water partition coefficient (Wildman–Crippen LogP) is 4.24. The van der Waals surface area contributed by atoms with E-state index in [0.717, 1.165) is 12.8 Å². The van der Waals surface area contributed by atoms with Gasteiger partial charge < -0.3 is 14.2 Å². The molecule has 5 nitrogen and oxygen atoms in total. The highest BCUT2D eigenvalue weighted by atomic mass is 16.6. The third-order valence-electron chi connectivity index (χ3n) is 5.44. The van der Waals surface area contributed by atoms with Gasteiger partial charge in [0.2, 0.25) is 0 Å². The molecule has 1 saturated heterocycles. The minimum Gasteiger partial charge on any atom is -0.444 e. The van der Waals surface area contributed by atoms with Crippen molar-refractivity contribution in [3.05, 3.63) is 0 Å². The van der Waals surface area contributed by atoms with E-state index in [0.29, 0.717) is 12.7 Å². The highest BCUT2D eigenvalue weighted by Gasteiger charge is 2.61. The Kier molecular flexibility index (Phi) is 4.63. The molecule has 24 heavy (non-hydrogen) atoms. The Hall–Kier alpha value is -0.810. The summed E-state index contributed by atoms with van der Waals surface area (Å²) >= 11 is 0. The van der Waals surface area contributed by atoms with Gasteiger partial charge in [-0.1, -0.05) is 19.3 Å². The van der Waals surface area contributed by atoms with Crippen molar-refractivity contribution in [1.82, 2.24) is 4.90 Å². The SMILES string of the molecule is CC(C)(C)OC(=O)N1C2(COC1(C)C)CC(OC1CCCCC1)C2. The van der Waals surface area contributed by atoms with Crippen molar-refractivity contribution >= 4 is 6.09 Å². The predicted molar refractivity (Wildman–Crippen MR) is 91.8 cm³/mol. The lowest BCUT2D eigenvalue weighted by molar-refractivity contribution is -0.134. The maximum Gasteiger partial charge on any atom is 0.413 e. The third-order valence-corrected chi connectivity index (χ3v) is 5.44. The first-order valence-corrected chi connectivity index (χ1v) is 9.44. The number of rotatable bonds is 2. The smallest absolute Gasteiger partial charge is 0.413 e. The van der Waals surface area contributed by atoms with Gasteiger partial charge in [0.25, 0.3) is 0 Å². The standard InChI is InChI=1S/C19H33NO4/c1-17(2,3)24-16(21)20-18(4,5)22-13-19(20)11-15(12-19)23-14-9-7-6-8-10-14/h14-15H,6-13H2,1-5H3.